The van der Waals surface area contributed by atoms with Gasteiger partial charge in [-0.3, -0.25) is 9.13 Å². The van der Waals surface area contributed by atoms with Crippen LogP contribution in [0.15, 0.2) is 224 Å². The van der Waals surface area contributed by atoms with E-state index in [9.17, 15) is 5.48 Å². The van der Waals surface area contributed by atoms with Crippen LogP contribution in [0.5, 0.6) is 0 Å². The molecule has 0 aliphatic rings. The molecule has 290 valence electrons. The van der Waals surface area contributed by atoms with Crippen LogP contribution < -0.4 is 0 Å². The normalized spacial score (nSPS) is 15.2. The molecule has 0 aliphatic heterocycles. The van der Waals surface area contributed by atoms with Crippen LogP contribution in [0, 0.1) is 0 Å². The van der Waals surface area contributed by atoms with E-state index in [1.54, 1.807) is 12.1 Å². The summed E-state index contributed by atoms with van der Waals surface area (Å²) in [5.74, 6) is -1.07. The first kappa shape index (κ1) is 22.8. The monoisotopic (exact) mass is 807 g/mol. The van der Waals surface area contributed by atoms with Gasteiger partial charge in [-0.2, -0.15) is 15.0 Å². The van der Waals surface area contributed by atoms with Crippen molar-refractivity contribution < 1.29 is 21.9 Å². The van der Waals surface area contributed by atoms with E-state index in [1.165, 1.54) is 0 Å². The second-order valence-electron chi connectivity index (χ2n) is 14.5. The standard InChI is InChI=1S/C57H37N5/c1-2-14-38(15-3-1)39-28-30-40(31-29-39)43-16-12-18-45(36-43)46-19-13-17-44(37-46)41-32-34-42(35-33-41)55-58-56(61-51-24-8-4-20-47(51)48-21-5-9-25-52(48)61)60-57(59-55)62-53-26-10-6-22-49(53)50-23-7-11-27-54(50)62/h1-37H/i4D,5D,6D,7D,8D,9D,10D,11D,20D,21D,22D,23D,24D,25D,26D,27D. The summed E-state index contributed by atoms with van der Waals surface area (Å²) in [6.07, 6.45) is 0. The molecule has 0 bridgehead atoms. The summed E-state index contributed by atoms with van der Waals surface area (Å²) < 4.78 is 144. The lowest BCUT2D eigenvalue weighted by molar-refractivity contribution is 0.893. The predicted molar refractivity (Wildman–Crippen MR) is 256 cm³/mol. The molecule has 3 heterocycles. The Labute approximate surface area is 381 Å². The molecule has 0 fully saturated rings. The third-order valence-corrected chi connectivity index (χ3v) is 10.9. The van der Waals surface area contributed by atoms with Gasteiger partial charge < -0.3 is 0 Å². The third kappa shape index (κ3) is 6.06. The van der Waals surface area contributed by atoms with E-state index in [-0.39, 0.29) is 49.4 Å². The summed E-state index contributed by atoms with van der Waals surface area (Å²) in [5.41, 5.74) is 6.97. The molecular formula is C57H37N5. The molecule has 0 amide bonds. The average Bonchev–Trinajstić information content (AvgIpc) is 4.27. The molecule has 3 aromatic heterocycles. The van der Waals surface area contributed by atoms with Crippen LogP contribution in [-0.2, 0) is 0 Å². The minimum atomic E-state index is -0.697. The van der Waals surface area contributed by atoms with Crippen molar-refractivity contribution >= 4 is 43.6 Å². The van der Waals surface area contributed by atoms with Crippen molar-refractivity contribution in [1.29, 1.82) is 0 Å². The fraction of sp³-hybridized carbons (Fsp3) is 0. The molecular weight excluding hydrogens is 755 g/mol. The molecule has 0 saturated heterocycles. The van der Waals surface area contributed by atoms with E-state index in [4.69, 9.17) is 31.4 Å². The number of aromatic nitrogens is 5. The first-order valence-electron chi connectivity index (χ1n) is 27.6. The Morgan fingerprint density at radius 2 is 0.597 bits per heavy atom. The molecule has 0 spiro atoms. The molecule has 12 aromatic rings. The molecule has 12 rings (SSSR count). The number of fused-ring (bicyclic) bond motifs is 6. The van der Waals surface area contributed by atoms with Crippen molar-refractivity contribution in [2.45, 2.75) is 0 Å². The van der Waals surface area contributed by atoms with Gasteiger partial charge in [-0.05, 0) is 80.8 Å². The Kier molecular flexibility index (Phi) is 5.41. The summed E-state index contributed by atoms with van der Waals surface area (Å²) in [5, 5.41) is -1.05. The highest BCUT2D eigenvalue weighted by molar-refractivity contribution is 6.10. The molecule has 62 heavy (non-hydrogen) atoms. The Balaban J connectivity index is 1.07. The lowest BCUT2D eigenvalue weighted by Gasteiger charge is -2.13. The van der Waals surface area contributed by atoms with Crippen molar-refractivity contribution in [3.8, 4) is 67.8 Å². The van der Waals surface area contributed by atoms with E-state index >= 15 is 0 Å². The maximum absolute atomic E-state index is 9.20. The van der Waals surface area contributed by atoms with Gasteiger partial charge in [0, 0.05) is 27.1 Å². The molecule has 0 aliphatic carbocycles. The number of nitrogens with zero attached hydrogens (tertiary/aromatic N) is 5. The lowest BCUT2D eigenvalue weighted by Crippen LogP contribution is -2.10. The van der Waals surface area contributed by atoms with Crippen LogP contribution in [0.3, 0.4) is 0 Å². The summed E-state index contributed by atoms with van der Waals surface area (Å²) in [7, 11) is 0. The summed E-state index contributed by atoms with van der Waals surface area (Å²) in [6.45, 7) is 0. The summed E-state index contributed by atoms with van der Waals surface area (Å²) in [4.78, 5) is 14.4. The Hall–Kier alpha value is -8.41. The molecule has 0 radical (unpaired) electrons. The zero-order valence-electron chi connectivity index (χ0n) is 48.4. The summed E-state index contributed by atoms with van der Waals surface area (Å²) >= 11 is 0. The lowest BCUT2D eigenvalue weighted by atomic mass is 9.95. The number of hydrogen-bond donors (Lipinski definition) is 0. The van der Waals surface area contributed by atoms with Gasteiger partial charge in [0.25, 0.3) is 0 Å². The van der Waals surface area contributed by atoms with E-state index in [2.05, 4.69) is 54.6 Å². The van der Waals surface area contributed by atoms with Gasteiger partial charge in [0.2, 0.25) is 11.9 Å². The summed E-state index contributed by atoms with van der Waals surface area (Å²) in [6, 6.07) is 31.4. The van der Waals surface area contributed by atoms with E-state index < -0.39 is 109 Å². The zero-order valence-corrected chi connectivity index (χ0v) is 32.4. The quantitative estimate of drug-likeness (QED) is 0.161. The van der Waals surface area contributed by atoms with Gasteiger partial charge >= 0.3 is 0 Å². The Bertz CT molecular complexity index is 4230. The van der Waals surface area contributed by atoms with Gasteiger partial charge in [0.1, 0.15) is 0 Å². The van der Waals surface area contributed by atoms with Crippen molar-refractivity contribution in [2.24, 2.45) is 0 Å². The SMILES string of the molecule is [2H]c1c([2H])c([2H])c2c(c1[2H])c1c([2H])c([2H])c([2H])c([2H])c1n2-c1nc(-c2ccc(-c3cccc(-c4cccc(-c5ccc(-c6ccccc6)cc5)c4)c3)cc2)nc(-n2c3c([2H])c([2H])c([2H])c([2H])c3c3c([2H])c([2H])c([2H])c([2H])c32)n1. The minimum absolute atomic E-state index is 0.141. The van der Waals surface area contributed by atoms with Crippen molar-refractivity contribution in [1.82, 2.24) is 24.1 Å². The molecule has 0 atom stereocenters. The maximum Gasteiger partial charge on any atom is 0.240 e. The molecule has 0 unspecified atom stereocenters. The molecule has 5 nitrogen and oxygen atoms in total. The van der Waals surface area contributed by atoms with Crippen molar-refractivity contribution in [2.75, 3.05) is 0 Å². The second-order valence-corrected chi connectivity index (χ2v) is 14.5. The average molecular weight is 808 g/mol. The van der Waals surface area contributed by atoms with E-state index in [1.807, 2.05) is 60.7 Å². The highest BCUT2D eigenvalue weighted by Gasteiger charge is 2.20. The van der Waals surface area contributed by atoms with Crippen LogP contribution >= 0.6 is 0 Å². The third-order valence-electron chi connectivity index (χ3n) is 10.9. The number of benzene rings is 9. The molecule has 0 saturated carbocycles. The smallest absolute Gasteiger partial charge is 0.240 e. The van der Waals surface area contributed by atoms with E-state index in [0.29, 0.717) is 5.56 Å². The number of rotatable bonds is 7. The molecule has 5 heteroatoms. The first-order chi connectivity index (χ1) is 37.4. The highest BCUT2D eigenvalue weighted by Crippen LogP contribution is 2.36. The number of para-hydroxylation sites is 4. The minimum Gasteiger partial charge on any atom is -0.278 e. The fourth-order valence-corrected chi connectivity index (χ4v) is 7.98. The predicted octanol–water partition coefficient (Wildman–Crippen LogP) is 14.4. The van der Waals surface area contributed by atoms with Crippen LogP contribution in [0.25, 0.3) is 111 Å². The van der Waals surface area contributed by atoms with Crippen LogP contribution in [0.1, 0.15) is 21.9 Å². The first-order valence-corrected chi connectivity index (χ1v) is 19.6. The van der Waals surface area contributed by atoms with Crippen LogP contribution in [-0.4, -0.2) is 24.1 Å². The van der Waals surface area contributed by atoms with Crippen molar-refractivity contribution in [3.63, 3.8) is 0 Å². The van der Waals surface area contributed by atoms with Gasteiger partial charge in [0.05, 0.1) is 44.0 Å². The van der Waals surface area contributed by atoms with Crippen LogP contribution in [0.2, 0.25) is 0 Å². The maximum atomic E-state index is 9.20. The Morgan fingerprint density at radius 3 is 1.00 bits per heavy atom. The largest absolute Gasteiger partial charge is 0.278 e. The van der Waals surface area contributed by atoms with Gasteiger partial charge in [0.15, 0.2) is 5.82 Å². The second kappa shape index (κ2) is 14.7. The number of hydrogen-bond acceptors (Lipinski definition) is 3. The van der Waals surface area contributed by atoms with Crippen LogP contribution in [0.4, 0.5) is 0 Å². The topological polar surface area (TPSA) is 48.5 Å². The fourth-order valence-electron chi connectivity index (χ4n) is 7.98. The molecule has 0 N–H and O–H groups in total. The molecule has 9 aromatic carbocycles. The van der Waals surface area contributed by atoms with Gasteiger partial charge in [-0.1, -0.05) is 188 Å². The highest BCUT2D eigenvalue weighted by atomic mass is 15.3. The Morgan fingerprint density at radius 1 is 0.290 bits per heavy atom. The van der Waals surface area contributed by atoms with Gasteiger partial charge in [-0.25, -0.2) is 0 Å². The van der Waals surface area contributed by atoms with Crippen molar-refractivity contribution in [3.05, 3.63) is 224 Å². The van der Waals surface area contributed by atoms with Gasteiger partial charge in [-0.15, -0.1) is 0 Å². The van der Waals surface area contributed by atoms with E-state index in [0.717, 1.165) is 53.6 Å². The zero-order chi connectivity index (χ0) is 54.9.